The minimum absolute atomic E-state index is 0.303. The maximum atomic E-state index is 12.0. The summed E-state index contributed by atoms with van der Waals surface area (Å²) in [6, 6.07) is 13.4. The highest BCUT2D eigenvalue weighted by Crippen LogP contribution is 2.22. The Morgan fingerprint density at radius 1 is 1.12 bits per heavy atom. The molecule has 1 saturated heterocycles. The molecule has 1 aliphatic rings. The fraction of sp³-hybridized carbons (Fsp3) is 0.333. The van der Waals surface area contributed by atoms with E-state index in [1.165, 1.54) is 5.56 Å². The van der Waals surface area contributed by atoms with Crippen LogP contribution in [0.4, 0.5) is 16.3 Å². The van der Waals surface area contributed by atoms with Crippen molar-refractivity contribution in [3.63, 3.8) is 0 Å². The maximum absolute atomic E-state index is 12.0. The number of carbonyl (C=O) groups is 1. The molecule has 6 nitrogen and oxygen atoms in total. The predicted octanol–water partition coefficient (Wildman–Crippen LogP) is 3.12. The third-order valence-electron chi connectivity index (χ3n) is 4.15. The van der Waals surface area contributed by atoms with Gasteiger partial charge in [-0.25, -0.2) is 9.78 Å². The Balaban J connectivity index is 1.57. The normalized spacial score (nSPS) is 16.4. The van der Waals surface area contributed by atoms with Gasteiger partial charge in [-0.1, -0.05) is 18.2 Å². The van der Waals surface area contributed by atoms with Gasteiger partial charge in [0.05, 0.1) is 13.2 Å². The number of hydrogen-bond donors (Lipinski definition) is 2. The first-order chi connectivity index (χ1) is 11.7. The molecule has 1 aliphatic heterocycles. The third kappa shape index (κ3) is 4.31. The van der Waals surface area contributed by atoms with E-state index in [4.69, 9.17) is 4.74 Å². The van der Waals surface area contributed by atoms with E-state index in [0.29, 0.717) is 11.9 Å². The highest BCUT2D eigenvalue weighted by Gasteiger charge is 2.18. The smallest absolute Gasteiger partial charge is 0.324 e. The molecular formula is C18H22N4O2. The fourth-order valence-electron chi connectivity index (χ4n) is 2.74. The monoisotopic (exact) mass is 326 g/mol. The molecule has 24 heavy (non-hydrogen) atoms. The van der Waals surface area contributed by atoms with Gasteiger partial charge < -0.3 is 10.1 Å². The highest BCUT2D eigenvalue weighted by molar-refractivity contribution is 5.99. The van der Waals surface area contributed by atoms with Crippen molar-refractivity contribution in [2.75, 3.05) is 36.9 Å². The first kappa shape index (κ1) is 16.4. The van der Waals surface area contributed by atoms with Crippen LogP contribution in [0.3, 0.4) is 0 Å². The van der Waals surface area contributed by atoms with Gasteiger partial charge in [-0.05, 0) is 36.8 Å². The van der Waals surface area contributed by atoms with Crippen molar-refractivity contribution in [2.24, 2.45) is 0 Å². The lowest BCUT2D eigenvalue weighted by Crippen LogP contribution is -2.38. The van der Waals surface area contributed by atoms with Crippen LogP contribution in [0.25, 0.3) is 0 Å². The van der Waals surface area contributed by atoms with E-state index in [1.54, 1.807) is 18.3 Å². The Morgan fingerprint density at radius 2 is 1.88 bits per heavy atom. The van der Waals surface area contributed by atoms with Crippen molar-refractivity contribution in [3.05, 3.63) is 54.2 Å². The number of rotatable bonds is 4. The molecule has 2 heterocycles. The van der Waals surface area contributed by atoms with Crippen molar-refractivity contribution in [3.8, 4) is 0 Å². The number of morpholine rings is 1. The Bertz CT molecular complexity index is 654. The summed E-state index contributed by atoms with van der Waals surface area (Å²) >= 11 is 0. The van der Waals surface area contributed by atoms with Crippen molar-refractivity contribution in [2.45, 2.75) is 13.0 Å². The van der Waals surface area contributed by atoms with E-state index in [2.05, 4.69) is 39.6 Å². The molecule has 1 aromatic heterocycles. The highest BCUT2D eigenvalue weighted by atomic mass is 16.5. The van der Waals surface area contributed by atoms with Crippen LogP contribution >= 0.6 is 0 Å². The third-order valence-corrected chi connectivity index (χ3v) is 4.15. The topological polar surface area (TPSA) is 66.5 Å². The Hall–Kier alpha value is -2.44. The van der Waals surface area contributed by atoms with E-state index < -0.39 is 0 Å². The molecule has 0 spiro atoms. The van der Waals surface area contributed by atoms with Crippen LogP contribution in [0.1, 0.15) is 18.5 Å². The summed E-state index contributed by atoms with van der Waals surface area (Å²) in [5.74, 6) is 0.521. The summed E-state index contributed by atoms with van der Waals surface area (Å²) in [6.45, 7) is 5.68. The van der Waals surface area contributed by atoms with E-state index in [9.17, 15) is 4.79 Å². The second kappa shape index (κ2) is 7.90. The molecule has 1 unspecified atom stereocenters. The number of nitrogens with one attached hydrogen (secondary N) is 2. The fourth-order valence-corrected chi connectivity index (χ4v) is 2.74. The van der Waals surface area contributed by atoms with E-state index >= 15 is 0 Å². The minimum atomic E-state index is -0.303. The molecule has 1 atom stereocenters. The summed E-state index contributed by atoms with van der Waals surface area (Å²) in [5, 5.41) is 5.51. The van der Waals surface area contributed by atoms with Gasteiger partial charge in [0.2, 0.25) is 0 Å². The Morgan fingerprint density at radius 3 is 2.54 bits per heavy atom. The molecule has 0 aliphatic carbocycles. The van der Waals surface area contributed by atoms with Crippen LogP contribution in [-0.2, 0) is 4.74 Å². The van der Waals surface area contributed by atoms with Gasteiger partial charge in [0.1, 0.15) is 5.82 Å². The van der Waals surface area contributed by atoms with E-state index in [1.807, 2.05) is 18.2 Å². The molecule has 0 saturated carbocycles. The molecule has 6 heteroatoms. The average molecular weight is 326 g/mol. The van der Waals surface area contributed by atoms with Crippen molar-refractivity contribution < 1.29 is 9.53 Å². The quantitative estimate of drug-likeness (QED) is 0.906. The number of nitrogens with zero attached hydrogens (tertiary/aromatic N) is 2. The van der Waals surface area contributed by atoms with Crippen LogP contribution < -0.4 is 10.6 Å². The zero-order chi connectivity index (χ0) is 16.8. The van der Waals surface area contributed by atoms with Crippen LogP contribution in [0.5, 0.6) is 0 Å². The summed E-state index contributed by atoms with van der Waals surface area (Å²) in [5.41, 5.74) is 1.98. The zero-order valence-electron chi connectivity index (χ0n) is 13.7. The number of ether oxygens (including phenoxy) is 1. The first-order valence-corrected chi connectivity index (χ1v) is 8.13. The van der Waals surface area contributed by atoms with Gasteiger partial charge in [-0.2, -0.15) is 0 Å². The van der Waals surface area contributed by atoms with Crippen molar-refractivity contribution in [1.82, 2.24) is 9.88 Å². The molecular weight excluding hydrogens is 304 g/mol. The molecule has 1 aromatic carbocycles. The van der Waals surface area contributed by atoms with Crippen molar-refractivity contribution >= 4 is 17.5 Å². The number of aromatic nitrogens is 1. The van der Waals surface area contributed by atoms with Crippen LogP contribution in [0.2, 0.25) is 0 Å². The molecule has 2 amide bonds. The maximum Gasteiger partial charge on any atom is 0.324 e. The van der Waals surface area contributed by atoms with Gasteiger partial charge in [-0.15, -0.1) is 0 Å². The SMILES string of the molecule is CC(c1ccc(NC(=O)Nc2ccccn2)cc1)N1CCOCC1. The van der Waals surface area contributed by atoms with Gasteiger partial charge >= 0.3 is 6.03 Å². The lowest BCUT2D eigenvalue weighted by atomic mass is 10.1. The second-order valence-corrected chi connectivity index (χ2v) is 5.74. The second-order valence-electron chi connectivity index (χ2n) is 5.74. The number of hydrogen-bond acceptors (Lipinski definition) is 4. The van der Waals surface area contributed by atoms with Gasteiger partial charge in [0.15, 0.2) is 0 Å². The molecule has 2 N–H and O–H groups in total. The largest absolute Gasteiger partial charge is 0.379 e. The summed E-state index contributed by atoms with van der Waals surface area (Å²) in [4.78, 5) is 18.4. The van der Waals surface area contributed by atoms with E-state index in [-0.39, 0.29) is 6.03 Å². The number of pyridine rings is 1. The van der Waals surface area contributed by atoms with Gasteiger partial charge in [0, 0.05) is 31.0 Å². The molecule has 1 fully saturated rings. The van der Waals surface area contributed by atoms with Gasteiger partial charge in [-0.3, -0.25) is 10.2 Å². The van der Waals surface area contributed by atoms with Crippen LogP contribution in [0, 0.1) is 0 Å². The van der Waals surface area contributed by atoms with Crippen LogP contribution in [0.15, 0.2) is 48.7 Å². The molecule has 2 aromatic rings. The van der Waals surface area contributed by atoms with Crippen LogP contribution in [-0.4, -0.2) is 42.2 Å². The predicted molar refractivity (Wildman–Crippen MR) is 94.1 cm³/mol. The molecule has 0 bridgehead atoms. The van der Waals surface area contributed by atoms with Crippen molar-refractivity contribution in [1.29, 1.82) is 0 Å². The first-order valence-electron chi connectivity index (χ1n) is 8.13. The number of anilines is 2. The molecule has 0 radical (unpaired) electrons. The Kier molecular flexibility index (Phi) is 5.40. The van der Waals surface area contributed by atoms with Gasteiger partial charge in [0.25, 0.3) is 0 Å². The average Bonchev–Trinajstić information content (AvgIpc) is 2.63. The standard InChI is InChI=1S/C18H22N4O2/c1-14(22-10-12-24-13-11-22)15-5-7-16(8-6-15)20-18(23)21-17-4-2-3-9-19-17/h2-9,14H,10-13H2,1H3,(H2,19,20,21,23). The minimum Gasteiger partial charge on any atom is -0.379 e. The summed E-state index contributed by atoms with van der Waals surface area (Å²) < 4.78 is 5.40. The number of carbonyl (C=O) groups excluding carboxylic acids is 1. The lowest BCUT2D eigenvalue weighted by molar-refractivity contribution is 0.0198. The summed E-state index contributed by atoms with van der Waals surface area (Å²) in [7, 11) is 0. The molecule has 126 valence electrons. The lowest BCUT2D eigenvalue weighted by Gasteiger charge is -2.32. The van der Waals surface area contributed by atoms with E-state index in [0.717, 1.165) is 32.0 Å². The zero-order valence-corrected chi connectivity index (χ0v) is 13.7. The number of urea groups is 1. The Labute approximate surface area is 141 Å². The number of benzene rings is 1. The summed E-state index contributed by atoms with van der Waals surface area (Å²) in [6.07, 6.45) is 1.64. The molecule has 3 rings (SSSR count). The number of amides is 2.